The van der Waals surface area contributed by atoms with Crippen LogP contribution in [0.15, 0.2) is 4.47 Å². The van der Waals surface area contributed by atoms with Crippen LogP contribution in [0.5, 0.6) is 0 Å². The average Bonchev–Trinajstić information content (AvgIpc) is 2.65. The molecule has 3 nitrogen and oxygen atoms in total. The fourth-order valence-corrected chi connectivity index (χ4v) is 4.34. The molecular weight excluding hydrogens is 302 g/mol. The van der Waals surface area contributed by atoms with Crippen molar-refractivity contribution in [1.82, 2.24) is 14.7 Å². The number of hydrogen-bond acceptors (Lipinski definition) is 2. The van der Waals surface area contributed by atoms with E-state index in [0.717, 1.165) is 24.1 Å². The highest BCUT2D eigenvalue weighted by atomic mass is 79.9. The van der Waals surface area contributed by atoms with Crippen LogP contribution < -0.4 is 0 Å². The molecular formula is C15H24BrN3. The van der Waals surface area contributed by atoms with Gasteiger partial charge in [0.1, 0.15) is 0 Å². The van der Waals surface area contributed by atoms with Crippen LogP contribution in [-0.2, 0) is 13.6 Å². The van der Waals surface area contributed by atoms with Crippen molar-refractivity contribution in [1.29, 1.82) is 0 Å². The van der Waals surface area contributed by atoms with E-state index < -0.39 is 0 Å². The van der Waals surface area contributed by atoms with Gasteiger partial charge < -0.3 is 0 Å². The van der Waals surface area contributed by atoms with Crippen molar-refractivity contribution in [2.75, 3.05) is 13.1 Å². The summed E-state index contributed by atoms with van der Waals surface area (Å²) in [5, 5.41) is 4.50. The highest BCUT2D eigenvalue weighted by Gasteiger charge is 2.31. The van der Waals surface area contributed by atoms with Crippen molar-refractivity contribution >= 4 is 15.9 Å². The van der Waals surface area contributed by atoms with Crippen LogP contribution in [0.2, 0.25) is 0 Å². The van der Waals surface area contributed by atoms with E-state index in [2.05, 4.69) is 39.9 Å². The highest BCUT2D eigenvalue weighted by Crippen LogP contribution is 2.36. The molecule has 0 bridgehead atoms. The molecule has 1 aliphatic carbocycles. The zero-order chi connectivity index (χ0) is 13.4. The summed E-state index contributed by atoms with van der Waals surface area (Å²) >= 11 is 3.69. The van der Waals surface area contributed by atoms with E-state index in [1.54, 1.807) is 0 Å². The number of piperidine rings is 1. The standard InChI is InChI=1S/C15H24BrN3/c1-11-15(16)14(18(2)17-11)10-19-8-7-12-5-3-4-6-13(12)9-19/h12-13H,3-10H2,1-2H3. The summed E-state index contributed by atoms with van der Waals surface area (Å²) < 4.78 is 3.23. The number of nitrogens with zero attached hydrogens (tertiary/aromatic N) is 3. The molecule has 2 aliphatic rings. The van der Waals surface area contributed by atoms with E-state index in [0.29, 0.717) is 0 Å². The van der Waals surface area contributed by atoms with Gasteiger partial charge >= 0.3 is 0 Å². The lowest BCUT2D eigenvalue weighted by Gasteiger charge is -2.41. The van der Waals surface area contributed by atoms with Crippen LogP contribution >= 0.6 is 15.9 Å². The maximum absolute atomic E-state index is 4.50. The van der Waals surface area contributed by atoms with Crippen molar-refractivity contribution in [3.8, 4) is 0 Å². The Labute approximate surface area is 124 Å². The molecule has 0 N–H and O–H groups in total. The minimum Gasteiger partial charge on any atom is -0.297 e. The van der Waals surface area contributed by atoms with Crippen molar-refractivity contribution in [3.05, 3.63) is 15.9 Å². The second-order valence-corrected chi connectivity index (χ2v) is 7.09. The Kier molecular flexibility index (Phi) is 3.99. The first-order chi connectivity index (χ1) is 9.15. The number of likely N-dealkylation sites (tertiary alicyclic amines) is 1. The predicted molar refractivity (Wildman–Crippen MR) is 81.0 cm³/mol. The predicted octanol–water partition coefficient (Wildman–Crippen LogP) is 3.50. The molecule has 19 heavy (non-hydrogen) atoms. The zero-order valence-electron chi connectivity index (χ0n) is 12.0. The monoisotopic (exact) mass is 325 g/mol. The fourth-order valence-electron chi connectivity index (χ4n) is 3.88. The number of hydrogen-bond donors (Lipinski definition) is 0. The normalized spacial score (nSPS) is 28.4. The van der Waals surface area contributed by atoms with E-state index in [-0.39, 0.29) is 0 Å². The maximum Gasteiger partial charge on any atom is 0.0739 e. The number of aryl methyl sites for hydroxylation is 2. The molecule has 1 saturated carbocycles. The maximum atomic E-state index is 4.50. The lowest BCUT2D eigenvalue weighted by atomic mass is 9.75. The molecule has 1 aromatic heterocycles. The smallest absolute Gasteiger partial charge is 0.0739 e. The average molecular weight is 326 g/mol. The summed E-state index contributed by atoms with van der Waals surface area (Å²) in [5.74, 6) is 1.97. The molecule has 1 saturated heterocycles. The highest BCUT2D eigenvalue weighted by molar-refractivity contribution is 9.10. The Morgan fingerprint density at radius 1 is 1.21 bits per heavy atom. The Morgan fingerprint density at radius 2 is 1.95 bits per heavy atom. The number of halogens is 1. The molecule has 1 aromatic rings. The van der Waals surface area contributed by atoms with E-state index in [4.69, 9.17) is 0 Å². The summed E-state index contributed by atoms with van der Waals surface area (Å²) in [6.07, 6.45) is 7.25. The van der Waals surface area contributed by atoms with Gasteiger partial charge in [-0.3, -0.25) is 9.58 Å². The third kappa shape index (κ3) is 2.75. The molecule has 0 radical (unpaired) electrons. The van der Waals surface area contributed by atoms with Gasteiger partial charge in [-0.05, 0) is 54.1 Å². The second-order valence-electron chi connectivity index (χ2n) is 6.30. The van der Waals surface area contributed by atoms with Crippen LogP contribution in [0.3, 0.4) is 0 Å². The van der Waals surface area contributed by atoms with Crippen LogP contribution in [0.1, 0.15) is 43.5 Å². The molecule has 2 fully saturated rings. The molecule has 0 amide bonds. The van der Waals surface area contributed by atoms with Gasteiger partial charge in [-0.1, -0.05) is 19.3 Å². The zero-order valence-corrected chi connectivity index (χ0v) is 13.6. The third-order valence-electron chi connectivity index (χ3n) is 5.01. The summed E-state index contributed by atoms with van der Waals surface area (Å²) in [7, 11) is 2.06. The van der Waals surface area contributed by atoms with Crippen LogP contribution in [-0.4, -0.2) is 27.8 Å². The molecule has 0 spiro atoms. The van der Waals surface area contributed by atoms with Gasteiger partial charge in [0, 0.05) is 20.1 Å². The Balaban J connectivity index is 1.67. The number of rotatable bonds is 2. The van der Waals surface area contributed by atoms with Crippen molar-refractivity contribution < 1.29 is 0 Å². The number of aromatic nitrogens is 2. The first-order valence-corrected chi connectivity index (χ1v) is 8.34. The molecule has 2 unspecified atom stereocenters. The van der Waals surface area contributed by atoms with Crippen LogP contribution in [0.25, 0.3) is 0 Å². The van der Waals surface area contributed by atoms with E-state index in [1.807, 2.05) is 4.68 Å². The van der Waals surface area contributed by atoms with Crippen LogP contribution in [0, 0.1) is 18.8 Å². The largest absolute Gasteiger partial charge is 0.297 e. The van der Waals surface area contributed by atoms with E-state index in [9.17, 15) is 0 Å². The Hall–Kier alpha value is -0.350. The summed E-state index contributed by atoms with van der Waals surface area (Å²) in [4.78, 5) is 2.63. The third-order valence-corrected chi connectivity index (χ3v) is 6.04. The van der Waals surface area contributed by atoms with E-state index in [1.165, 1.54) is 55.4 Å². The van der Waals surface area contributed by atoms with Crippen molar-refractivity contribution in [3.63, 3.8) is 0 Å². The Bertz CT molecular complexity index is 454. The van der Waals surface area contributed by atoms with Gasteiger partial charge in [0.15, 0.2) is 0 Å². The van der Waals surface area contributed by atoms with Gasteiger partial charge in [-0.2, -0.15) is 5.10 Å². The van der Waals surface area contributed by atoms with Gasteiger partial charge in [0.25, 0.3) is 0 Å². The Morgan fingerprint density at radius 3 is 2.63 bits per heavy atom. The molecule has 3 rings (SSSR count). The topological polar surface area (TPSA) is 21.1 Å². The lowest BCUT2D eigenvalue weighted by Crippen LogP contribution is -2.41. The van der Waals surface area contributed by atoms with Gasteiger partial charge in [-0.15, -0.1) is 0 Å². The summed E-state index contributed by atoms with van der Waals surface area (Å²) in [6, 6.07) is 0. The van der Waals surface area contributed by atoms with Crippen LogP contribution in [0.4, 0.5) is 0 Å². The SMILES string of the molecule is Cc1nn(C)c(CN2CCC3CCCCC3C2)c1Br. The molecule has 4 heteroatoms. The molecule has 2 heterocycles. The van der Waals surface area contributed by atoms with Gasteiger partial charge in [-0.25, -0.2) is 0 Å². The van der Waals surface area contributed by atoms with Gasteiger partial charge in [0.05, 0.1) is 15.9 Å². The second kappa shape index (κ2) is 5.57. The van der Waals surface area contributed by atoms with Crippen molar-refractivity contribution in [2.45, 2.75) is 45.6 Å². The fraction of sp³-hybridized carbons (Fsp3) is 0.800. The molecule has 0 aromatic carbocycles. The lowest BCUT2D eigenvalue weighted by molar-refractivity contribution is 0.0803. The first kappa shape index (κ1) is 13.6. The minimum absolute atomic E-state index is 0.954. The van der Waals surface area contributed by atoms with E-state index >= 15 is 0 Å². The van der Waals surface area contributed by atoms with Gasteiger partial charge in [0.2, 0.25) is 0 Å². The quantitative estimate of drug-likeness (QED) is 0.829. The molecule has 2 atom stereocenters. The molecule has 106 valence electrons. The number of fused-ring (bicyclic) bond motifs is 1. The minimum atomic E-state index is 0.954. The first-order valence-electron chi connectivity index (χ1n) is 7.55. The summed E-state index contributed by atoms with van der Waals surface area (Å²) in [6.45, 7) is 5.67. The van der Waals surface area contributed by atoms with Crippen molar-refractivity contribution in [2.24, 2.45) is 18.9 Å². The summed E-state index contributed by atoms with van der Waals surface area (Å²) in [5.41, 5.74) is 2.43. The molecule has 1 aliphatic heterocycles.